The summed E-state index contributed by atoms with van der Waals surface area (Å²) in [6, 6.07) is 11.9. The number of carbonyl (C=O) groups is 3. The van der Waals surface area contributed by atoms with E-state index in [-0.39, 0.29) is 49.9 Å². The van der Waals surface area contributed by atoms with Crippen LogP contribution in [0.3, 0.4) is 0 Å². The van der Waals surface area contributed by atoms with Crippen molar-refractivity contribution in [3.05, 3.63) is 91.8 Å². The van der Waals surface area contributed by atoms with Crippen molar-refractivity contribution < 1.29 is 23.9 Å². The molecule has 1 amide bonds. The number of esters is 2. The summed E-state index contributed by atoms with van der Waals surface area (Å²) in [5, 5.41) is 13.3. The van der Waals surface area contributed by atoms with Gasteiger partial charge in [0.15, 0.2) is 5.82 Å². The number of amides is 1. The number of nitrogens with one attached hydrogen (secondary N) is 1. The molecule has 0 spiro atoms. The number of nitrogens with zero attached hydrogens (tertiary/aromatic N) is 4. The summed E-state index contributed by atoms with van der Waals surface area (Å²) in [6.07, 6.45) is 0.848. The van der Waals surface area contributed by atoms with E-state index in [1.807, 2.05) is 35.8 Å². The fourth-order valence-electron chi connectivity index (χ4n) is 5.32. The first-order chi connectivity index (χ1) is 23.1. The third kappa shape index (κ3) is 8.55. The summed E-state index contributed by atoms with van der Waals surface area (Å²) in [5.74, 6) is 5.72. The van der Waals surface area contributed by atoms with Crippen LogP contribution in [0.2, 0.25) is 5.02 Å². The summed E-state index contributed by atoms with van der Waals surface area (Å²) in [7, 11) is 1.28. The highest BCUT2D eigenvalue weighted by atomic mass is 35.5. The Morgan fingerprint density at radius 2 is 1.84 bits per heavy atom. The van der Waals surface area contributed by atoms with Crippen molar-refractivity contribution >= 4 is 64.6 Å². The predicted molar refractivity (Wildman–Crippen MR) is 192 cm³/mol. The van der Waals surface area contributed by atoms with E-state index in [0.29, 0.717) is 34.9 Å². The van der Waals surface area contributed by atoms with Crippen LogP contribution >= 0.6 is 35.3 Å². The third-order valence-corrected chi connectivity index (χ3v) is 9.27. The second-order valence-electron chi connectivity index (χ2n) is 11.1. The maximum Gasteiger partial charge on any atom is 0.339 e. The number of methoxy groups -OCH3 is 1. The topological polar surface area (TPSA) is 151 Å². The SMILES string of the molecule is COC(=O)c1ccc(NC(=O)CCCC(=O)OCC[C@@H]2N=C(c3ccc(Cl)cc3)c3c(sc(C)c3C)-n3c(C)nnc32)cc1C#CCN.Cl. The van der Waals surface area contributed by atoms with Gasteiger partial charge >= 0.3 is 11.9 Å². The first-order valence-corrected chi connectivity index (χ1v) is 16.5. The van der Waals surface area contributed by atoms with Gasteiger partial charge in [0.1, 0.15) is 16.9 Å². The van der Waals surface area contributed by atoms with Gasteiger partial charge in [-0.25, -0.2) is 4.79 Å². The van der Waals surface area contributed by atoms with E-state index in [2.05, 4.69) is 41.2 Å². The monoisotopic (exact) mass is 722 g/mol. The minimum absolute atomic E-state index is 0. The van der Waals surface area contributed by atoms with Crippen molar-refractivity contribution in [3.8, 4) is 16.8 Å². The van der Waals surface area contributed by atoms with Crippen molar-refractivity contribution in [2.24, 2.45) is 10.7 Å². The summed E-state index contributed by atoms with van der Waals surface area (Å²) < 4.78 is 12.4. The predicted octanol–water partition coefficient (Wildman–Crippen LogP) is 6.06. The molecular weight excluding hydrogens is 687 g/mol. The molecule has 0 radical (unpaired) electrons. The van der Waals surface area contributed by atoms with Gasteiger partial charge in [0.2, 0.25) is 5.91 Å². The number of halogens is 2. The smallest absolute Gasteiger partial charge is 0.339 e. The Labute approximate surface area is 299 Å². The first kappa shape index (κ1) is 37.3. The number of ether oxygens (including phenoxy) is 2. The number of anilines is 1. The van der Waals surface area contributed by atoms with Gasteiger partial charge < -0.3 is 20.5 Å². The Bertz CT molecular complexity index is 1960. The Hall–Kier alpha value is -4.54. The molecule has 4 aromatic rings. The molecule has 2 aromatic heterocycles. The molecule has 1 aliphatic rings. The normalized spacial score (nSPS) is 13.0. The van der Waals surface area contributed by atoms with Crippen molar-refractivity contribution in [2.75, 3.05) is 25.6 Å². The fraction of sp³-hybridized carbons (Fsp3) is 0.314. The zero-order chi connectivity index (χ0) is 34.4. The standard InChI is InChI=1S/C35H35ClN6O5S.ClH/c1-20-21(2)48-34-31(20)32(23-10-12-25(36)13-11-23)39-28(33-41-40-22(3)42(33)34)16-18-47-30(44)9-5-8-29(43)38-26-14-15-27(35(45)46-4)24(19-26)7-6-17-37;/h10-15,19,28H,5,8-9,16-18,37H2,1-4H3,(H,38,43);1H/t28-;/m0./s1. The molecule has 0 saturated heterocycles. The number of fused-ring (bicyclic) bond motifs is 3. The largest absolute Gasteiger partial charge is 0.466 e. The lowest BCUT2D eigenvalue weighted by molar-refractivity contribution is -0.144. The lowest BCUT2D eigenvalue weighted by Gasteiger charge is -2.13. The highest BCUT2D eigenvalue weighted by Crippen LogP contribution is 2.39. The van der Waals surface area contributed by atoms with Gasteiger partial charge in [-0.3, -0.25) is 19.1 Å². The van der Waals surface area contributed by atoms with Crippen LogP contribution in [0.1, 0.15) is 80.9 Å². The number of aliphatic imine (C=N–C) groups is 1. The highest BCUT2D eigenvalue weighted by Gasteiger charge is 2.31. The van der Waals surface area contributed by atoms with Gasteiger partial charge in [-0.05, 0) is 63.1 Å². The molecule has 49 heavy (non-hydrogen) atoms. The molecule has 11 nitrogen and oxygen atoms in total. The maximum atomic E-state index is 12.7. The molecule has 0 aliphatic carbocycles. The first-order valence-electron chi connectivity index (χ1n) is 15.3. The molecule has 2 aromatic carbocycles. The number of aromatic nitrogens is 3. The number of aryl methyl sites for hydroxylation is 2. The molecule has 0 fully saturated rings. The minimum atomic E-state index is -0.542. The van der Waals surface area contributed by atoms with E-state index in [1.165, 1.54) is 18.1 Å². The average Bonchev–Trinajstić information content (AvgIpc) is 3.55. The van der Waals surface area contributed by atoms with Crippen LogP contribution in [0, 0.1) is 32.6 Å². The molecule has 14 heteroatoms. The minimum Gasteiger partial charge on any atom is -0.466 e. The molecule has 256 valence electrons. The Kier molecular flexibility index (Phi) is 12.7. The number of hydrogen-bond acceptors (Lipinski definition) is 10. The summed E-state index contributed by atoms with van der Waals surface area (Å²) in [4.78, 5) is 43.7. The molecule has 1 aliphatic heterocycles. The molecule has 3 heterocycles. The van der Waals surface area contributed by atoms with Gasteiger partial charge in [0, 0.05) is 51.5 Å². The van der Waals surface area contributed by atoms with E-state index < -0.39 is 18.0 Å². The average molecular weight is 724 g/mol. The zero-order valence-electron chi connectivity index (χ0n) is 27.5. The number of rotatable bonds is 10. The van der Waals surface area contributed by atoms with Crippen LogP contribution in [0.4, 0.5) is 5.69 Å². The van der Waals surface area contributed by atoms with Gasteiger partial charge in [0.25, 0.3) is 0 Å². The molecule has 0 saturated carbocycles. The van der Waals surface area contributed by atoms with Crippen LogP contribution in [0.5, 0.6) is 0 Å². The van der Waals surface area contributed by atoms with E-state index >= 15 is 0 Å². The number of benzene rings is 2. The van der Waals surface area contributed by atoms with Crippen molar-refractivity contribution in [2.45, 2.75) is 52.5 Å². The number of nitrogens with two attached hydrogens (primary N) is 1. The molecular formula is C35H36Cl2N6O5S. The van der Waals surface area contributed by atoms with E-state index in [1.54, 1.807) is 23.5 Å². The Balaban J connectivity index is 0.00000541. The van der Waals surface area contributed by atoms with E-state index in [9.17, 15) is 14.4 Å². The summed E-state index contributed by atoms with van der Waals surface area (Å²) in [5.41, 5.74) is 10.5. The molecule has 0 bridgehead atoms. The number of hydrogen-bond donors (Lipinski definition) is 2. The zero-order valence-corrected chi connectivity index (χ0v) is 29.9. The molecule has 0 unspecified atom stereocenters. The van der Waals surface area contributed by atoms with Crippen LogP contribution < -0.4 is 11.1 Å². The second-order valence-corrected chi connectivity index (χ2v) is 12.7. The van der Waals surface area contributed by atoms with Crippen molar-refractivity contribution in [1.82, 2.24) is 14.8 Å². The quantitative estimate of drug-likeness (QED) is 0.148. The molecule has 3 N–H and O–H groups in total. The maximum absolute atomic E-state index is 12.7. The van der Waals surface area contributed by atoms with Crippen molar-refractivity contribution in [3.63, 3.8) is 0 Å². The van der Waals surface area contributed by atoms with Crippen LogP contribution in [-0.2, 0) is 19.1 Å². The lowest BCUT2D eigenvalue weighted by Crippen LogP contribution is -2.14. The number of carbonyl (C=O) groups excluding carboxylic acids is 3. The molecule has 1 atom stereocenters. The van der Waals surface area contributed by atoms with Crippen LogP contribution in [-0.4, -0.2) is 58.6 Å². The van der Waals surface area contributed by atoms with Gasteiger partial charge in [0.05, 0.1) is 31.5 Å². The van der Waals surface area contributed by atoms with E-state index in [4.69, 9.17) is 31.8 Å². The van der Waals surface area contributed by atoms with Crippen LogP contribution in [0.25, 0.3) is 5.00 Å². The van der Waals surface area contributed by atoms with E-state index in [0.717, 1.165) is 33.2 Å². The fourth-order valence-corrected chi connectivity index (χ4v) is 6.66. The Morgan fingerprint density at radius 3 is 2.55 bits per heavy atom. The van der Waals surface area contributed by atoms with Gasteiger partial charge in [-0.15, -0.1) is 33.9 Å². The second kappa shape index (κ2) is 16.7. The highest BCUT2D eigenvalue weighted by molar-refractivity contribution is 7.15. The summed E-state index contributed by atoms with van der Waals surface area (Å²) >= 11 is 7.87. The van der Waals surface area contributed by atoms with Crippen molar-refractivity contribution in [1.29, 1.82) is 0 Å². The number of thiophene rings is 1. The summed E-state index contributed by atoms with van der Waals surface area (Å²) in [6.45, 7) is 6.32. The van der Waals surface area contributed by atoms with Crippen LogP contribution in [0.15, 0.2) is 47.5 Å². The van der Waals surface area contributed by atoms with Gasteiger partial charge in [-0.1, -0.05) is 35.6 Å². The van der Waals surface area contributed by atoms with Gasteiger partial charge in [-0.2, -0.15) is 0 Å². The Morgan fingerprint density at radius 1 is 1.08 bits per heavy atom. The third-order valence-electron chi connectivity index (χ3n) is 7.83. The molecule has 5 rings (SSSR count). The lowest BCUT2D eigenvalue weighted by atomic mass is 9.99.